The molecular weight excluding hydrogens is 416 g/mol. The molecule has 7 heteroatoms. The van der Waals surface area contributed by atoms with Crippen LogP contribution in [0.1, 0.15) is 47.3 Å². The zero-order chi connectivity index (χ0) is 22.9. The Labute approximate surface area is 194 Å². The maximum absolute atomic E-state index is 13.4. The number of nitrogens with zero attached hydrogens (tertiary/aromatic N) is 2. The molecule has 5 rings (SSSR count). The van der Waals surface area contributed by atoms with Gasteiger partial charge in [-0.05, 0) is 50.2 Å². The van der Waals surface area contributed by atoms with Crippen molar-refractivity contribution in [2.24, 2.45) is 11.8 Å². The minimum Gasteiger partial charge on any atom is -0.365 e. The number of aryl methyl sites for hydroxylation is 1. The van der Waals surface area contributed by atoms with E-state index in [0.717, 1.165) is 31.4 Å². The molecule has 0 saturated carbocycles. The van der Waals surface area contributed by atoms with E-state index in [0.29, 0.717) is 31.6 Å². The monoisotopic (exact) mass is 448 g/mol. The predicted molar refractivity (Wildman–Crippen MR) is 124 cm³/mol. The van der Waals surface area contributed by atoms with Crippen LogP contribution < -0.4 is 5.32 Å². The summed E-state index contributed by atoms with van der Waals surface area (Å²) < 4.78 is 0. The molecule has 3 amide bonds. The summed E-state index contributed by atoms with van der Waals surface area (Å²) in [6, 6.07) is 11.4. The lowest BCUT2D eigenvalue weighted by Crippen LogP contribution is -2.68. The average molecular weight is 449 g/mol. The van der Waals surface area contributed by atoms with Gasteiger partial charge in [0.25, 0.3) is 5.91 Å². The molecular formula is C26H32N4O3. The van der Waals surface area contributed by atoms with Crippen LogP contribution in [0.15, 0.2) is 42.6 Å². The smallest absolute Gasteiger partial charge is 0.255 e. The number of nitrogens with one attached hydrogen (secondary N) is 2. The molecule has 0 aliphatic carbocycles. The molecule has 1 aromatic carbocycles. The van der Waals surface area contributed by atoms with Crippen LogP contribution >= 0.6 is 0 Å². The number of rotatable bonds is 5. The normalized spacial score (nSPS) is 26.6. The van der Waals surface area contributed by atoms with E-state index in [4.69, 9.17) is 0 Å². The van der Waals surface area contributed by atoms with Crippen molar-refractivity contribution < 1.29 is 14.4 Å². The first-order chi connectivity index (χ1) is 16.0. The molecule has 3 saturated heterocycles. The van der Waals surface area contributed by atoms with Crippen molar-refractivity contribution in [2.45, 2.75) is 51.1 Å². The Kier molecular flexibility index (Phi) is 5.96. The van der Waals surface area contributed by atoms with Gasteiger partial charge in [-0.1, -0.05) is 30.3 Å². The lowest BCUT2D eigenvalue weighted by molar-refractivity contribution is -0.159. The van der Waals surface area contributed by atoms with Gasteiger partial charge >= 0.3 is 0 Å². The van der Waals surface area contributed by atoms with Gasteiger partial charge in [0.2, 0.25) is 11.8 Å². The van der Waals surface area contributed by atoms with Crippen LogP contribution in [0.5, 0.6) is 0 Å². The van der Waals surface area contributed by atoms with Crippen molar-refractivity contribution in [1.29, 1.82) is 0 Å². The lowest BCUT2D eigenvalue weighted by Gasteiger charge is -2.55. The molecule has 0 spiro atoms. The SMILES string of the molecule is Cc1[nH]ccc1C(=O)N1C[C@@H]2C[C@H](C1)[C@H](C(=O)NCCc1ccccc1)N1C(=O)CCC[C@@H]21. The number of piperidine rings is 3. The number of likely N-dealkylation sites (tertiary alicyclic amines) is 1. The second kappa shape index (κ2) is 9.04. The molecule has 3 aliphatic rings. The minimum atomic E-state index is -0.502. The van der Waals surface area contributed by atoms with Crippen molar-refractivity contribution in [3.63, 3.8) is 0 Å². The molecule has 2 N–H and O–H groups in total. The Hall–Kier alpha value is -3.09. The fourth-order valence-electron chi connectivity index (χ4n) is 6.09. The van der Waals surface area contributed by atoms with Crippen LogP contribution in [-0.2, 0) is 16.0 Å². The summed E-state index contributed by atoms with van der Waals surface area (Å²) >= 11 is 0. The van der Waals surface area contributed by atoms with Crippen molar-refractivity contribution in [3.8, 4) is 0 Å². The summed E-state index contributed by atoms with van der Waals surface area (Å²) in [4.78, 5) is 46.6. The Bertz CT molecular complexity index is 1030. The van der Waals surface area contributed by atoms with E-state index in [1.54, 1.807) is 6.20 Å². The number of amides is 3. The van der Waals surface area contributed by atoms with E-state index in [9.17, 15) is 14.4 Å². The Morgan fingerprint density at radius 2 is 1.91 bits per heavy atom. The first-order valence-corrected chi connectivity index (χ1v) is 12.1. The fourth-order valence-corrected chi connectivity index (χ4v) is 6.09. The van der Waals surface area contributed by atoms with Crippen LogP contribution in [0, 0.1) is 18.8 Å². The highest BCUT2D eigenvalue weighted by Gasteiger charge is 2.52. The van der Waals surface area contributed by atoms with Crippen molar-refractivity contribution in [3.05, 3.63) is 59.4 Å². The molecule has 4 atom stereocenters. The first kappa shape index (κ1) is 21.7. The number of fused-ring (bicyclic) bond motifs is 4. The Morgan fingerprint density at radius 3 is 2.67 bits per heavy atom. The van der Waals surface area contributed by atoms with Crippen LogP contribution in [0.4, 0.5) is 0 Å². The molecule has 3 fully saturated rings. The lowest BCUT2D eigenvalue weighted by atomic mass is 9.71. The number of carbonyl (C=O) groups is 3. The van der Waals surface area contributed by atoms with Gasteiger partial charge in [0.15, 0.2) is 0 Å². The molecule has 3 aliphatic heterocycles. The van der Waals surface area contributed by atoms with Crippen LogP contribution in [-0.4, -0.2) is 64.2 Å². The van der Waals surface area contributed by atoms with Crippen LogP contribution in [0.3, 0.4) is 0 Å². The van der Waals surface area contributed by atoms with E-state index < -0.39 is 6.04 Å². The number of carbonyl (C=O) groups excluding carboxylic acids is 3. The number of hydrogen-bond donors (Lipinski definition) is 2. The predicted octanol–water partition coefficient (Wildman–Crippen LogP) is 2.52. The molecule has 2 bridgehead atoms. The molecule has 7 nitrogen and oxygen atoms in total. The molecule has 1 aromatic heterocycles. The van der Waals surface area contributed by atoms with Gasteiger partial charge in [-0.25, -0.2) is 0 Å². The maximum atomic E-state index is 13.4. The van der Waals surface area contributed by atoms with E-state index in [2.05, 4.69) is 22.4 Å². The van der Waals surface area contributed by atoms with Gasteiger partial charge in [0.05, 0.1) is 5.56 Å². The van der Waals surface area contributed by atoms with Crippen molar-refractivity contribution >= 4 is 17.7 Å². The molecule has 0 unspecified atom stereocenters. The molecule has 174 valence electrons. The number of hydrogen-bond acceptors (Lipinski definition) is 3. The topological polar surface area (TPSA) is 85.5 Å². The zero-order valence-corrected chi connectivity index (χ0v) is 19.1. The van der Waals surface area contributed by atoms with Gasteiger partial charge < -0.3 is 20.1 Å². The number of benzene rings is 1. The molecule has 0 radical (unpaired) electrons. The molecule has 4 heterocycles. The van der Waals surface area contributed by atoms with E-state index in [1.807, 2.05) is 41.0 Å². The second-order valence-electron chi connectivity index (χ2n) is 9.71. The summed E-state index contributed by atoms with van der Waals surface area (Å²) in [5.41, 5.74) is 2.72. The largest absolute Gasteiger partial charge is 0.365 e. The summed E-state index contributed by atoms with van der Waals surface area (Å²) in [6.45, 7) is 3.60. The summed E-state index contributed by atoms with van der Waals surface area (Å²) in [7, 11) is 0. The standard InChI is InChI=1S/C26H32N4O3/c1-17-21(11-13-27-17)26(33)29-15-19-14-20(16-29)24(30-22(19)8-5-9-23(30)31)25(32)28-12-10-18-6-3-2-4-7-18/h2-4,6-7,11,13,19-20,22,24,27H,5,8-10,12,14-16H2,1H3,(H,28,32)/t19-,20+,22-,24+/m0/s1. The third-order valence-electron chi connectivity index (χ3n) is 7.64. The fraction of sp³-hybridized carbons (Fsp3) is 0.500. The summed E-state index contributed by atoms with van der Waals surface area (Å²) in [5.74, 6) is 0.209. The van der Waals surface area contributed by atoms with Gasteiger partial charge in [-0.15, -0.1) is 0 Å². The highest BCUT2D eigenvalue weighted by atomic mass is 16.2. The van der Waals surface area contributed by atoms with Crippen LogP contribution in [0.25, 0.3) is 0 Å². The number of aromatic amines is 1. The average Bonchev–Trinajstić information content (AvgIpc) is 3.25. The summed E-state index contributed by atoms with van der Waals surface area (Å²) in [6.07, 6.45) is 5.70. The summed E-state index contributed by atoms with van der Waals surface area (Å²) in [5, 5.41) is 3.10. The third kappa shape index (κ3) is 4.16. The zero-order valence-electron chi connectivity index (χ0n) is 19.1. The van der Waals surface area contributed by atoms with Gasteiger partial charge in [-0.2, -0.15) is 0 Å². The third-order valence-corrected chi connectivity index (χ3v) is 7.64. The van der Waals surface area contributed by atoms with Gasteiger partial charge in [0.1, 0.15) is 6.04 Å². The number of aromatic nitrogens is 1. The highest BCUT2D eigenvalue weighted by molar-refractivity contribution is 5.95. The maximum Gasteiger partial charge on any atom is 0.255 e. The Balaban J connectivity index is 1.35. The Morgan fingerprint density at radius 1 is 1.12 bits per heavy atom. The minimum absolute atomic E-state index is 0.0160. The number of H-pyrrole nitrogens is 1. The van der Waals surface area contributed by atoms with Crippen LogP contribution in [0.2, 0.25) is 0 Å². The van der Waals surface area contributed by atoms with Crippen molar-refractivity contribution in [2.75, 3.05) is 19.6 Å². The highest BCUT2D eigenvalue weighted by Crippen LogP contribution is 2.42. The van der Waals surface area contributed by atoms with Gasteiger partial charge in [-0.3, -0.25) is 14.4 Å². The molecule has 33 heavy (non-hydrogen) atoms. The quantitative estimate of drug-likeness (QED) is 0.737. The van der Waals surface area contributed by atoms with E-state index in [-0.39, 0.29) is 35.6 Å². The van der Waals surface area contributed by atoms with Crippen molar-refractivity contribution in [1.82, 2.24) is 20.1 Å². The van der Waals surface area contributed by atoms with E-state index >= 15 is 0 Å². The second-order valence-corrected chi connectivity index (χ2v) is 9.71. The molecule has 2 aromatic rings. The van der Waals surface area contributed by atoms with E-state index in [1.165, 1.54) is 5.56 Å². The first-order valence-electron chi connectivity index (χ1n) is 12.1. The van der Waals surface area contributed by atoms with Gasteiger partial charge in [0, 0.05) is 49.9 Å².